The Balaban J connectivity index is 0.00000180. The summed E-state index contributed by atoms with van der Waals surface area (Å²) < 4.78 is 0. The number of nitrogens with zero attached hydrogens (tertiary/aromatic N) is 2. The van der Waals surface area contributed by atoms with Crippen molar-refractivity contribution in [2.24, 2.45) is 4.99 Å². The zero-order valence-corrected chi connectivity index (χ0v) is 14.0. The molecule has 0 radical (unpaired) electrons. The second-order valence-corrected chi connectivity index (χ2v) is 4.61. The lowest BCUT2D eigenvalue weighted by Gasteiger charge is -2.05. The Morgan fingerprint density at radius 1 is 1.32 bits per heavy atom. The highest BCUT2D eigenvalue weighted by Crippen LogP contribution is 2.21. The molecule has 4 nitrogen and oxygen atoms in total. The summed E-state index contributed by atoms with van der Waals surface area (Å²) in [7, 11) is 3.59. The number of rotatable bonds is 3. The van der Waals surface area contributed by atoms with E-state index in [1.54, 1.807) is 18.4 Å². The quantitative estimate of drug-likeness (QED) is 0.483. The average Bonchev–Trinajstić information content (AvgIpc) is 2.90. The van der Waals surface area contributed by atoms with Crippen molar-refractivity contribution in [2.45, 2.75) is 6.54 Å². The van der Waals surface area contributed by atoms with Crippen LogP contribution in [0.3, 0.4) is 0 Å². The first-order valence-electron chi connectivity index (χ1n) is 5.71. The molecule has 0 saturated heterocycles. The molecule has 1 aromatic heterocycles. The number of hydrogen-bond donors (Lipinski definition) is 2. The molecule has 19 heavy (non-hydrogen) atoms. The highest BCUT2D eigenvalue weighted by molar-refractivity contribution is 14.0. The predicted molar refractivity (Wildman–Crippen MR) is 92.2 cm³/mol. The number of halogens is 1. The molecule has 0 aliphatic heterocycles. The molecular weight excluding hydrogens is 371 g/mol. The van der Waals surface area contributed by atoms with Gasteiger partial charge < -0.3 is 10.6 Å². The zero-order chi connectivity index (χ0) is 12.8. The maximum atomic E-state index is 4.59. The number of hydrogen-bond acceptors (Lipinski definition) is 3. The molecule has 2 N–H and O–H groups in total. The Labute approximate surface area is 134 Å². The van der Waals surface area contributed by atoms with E-state index < -0.39 is 0 Å². The molecule has 0 bridgehead atoms. The topological polar surface area (TPSA) is 49.3 Å². The van der Waals surface area contributed by atoms with Crippen LogP contribution in [0.2, 0.25) is 0 Å². The summed E-state index contributed by atoms with van der Waals surface area (Å²) in [6.07, 6.45) is 0. The van der Waals surface area contributed by atoms with E-state index in [-0.39, 0.29) is 24.0 Å². The number of guanidine groups is 1. The van der Waals surface area contributed by atoms with E-state index in [4.69, 9.17) is 0 Å². The smallest absolute Gasteiger partial charge is 0.191 e. The second kappa shape index (κ2) is 8.11. The third-order valence-corrected chi connectivity index (χ3v) is 3.34. The fraction of sp³-hybridized carbons (Fsp3) is 0.231. The van der Waals surface area contributed by atoms with E-state index in [0.29, 0.717) is 6.54 Å². The van der Waals surface area contributed by atoms with Crippen molar-refractivity contribution in [3.63, 3.8) is 0 Å². The molecule has 6 heteroatoms. The highest BCUT2D eigenvalue weighted by Gasteiger charge is 2.04. The fourth-order valence-corrected chi connectivity index (χ4v) is 2.32. The number of benzene rings is 1. The first kappa shape index (κ1) is 15.9. The fourth-order valence-electron chi connectivity index (χ4n) is 1.57. The van der Waals surface area contributed by atoms with Crippen molar-refractivity contribution >= 4 is 41.3 Å². The van der Waals surface area contributed by atoms with Crippen molar-refractivity contribution in [3.8, 4) is 11.3 Å². The molecule has 0 aliphatic carbocycles. The summed E-state index contributed by atoms with van der Waals surface area (Å²) in [5.74, 6) is 0.770. The normalized spacial score (nSPS) is 10.7. The van der Waals surface area contributed by atoms with Gasteiger partial charge in [-0.2, -0.15) is 0 Å². The number of aliphatic imine (C=N–C) groups is 1. The largest absolute Gasteiger partial charge is 0.359 e. The molecule has 102 valence electrons. The molecule has 0 atom stereocenters. The van der Waals surface area contributed by atoms with Gasteiger partial charge in [-0.05, 0) is 0 Å². The summed E-state index contributed by atoms with van der Waals surface area (Å²) in [6.45, 7) is 0.686. The molecule has 0 spiro atoms. The van der Waals surface area contributed by atoms with Gasteiger partial charge in [0.25, 0.3) is 0 Å². The van der Waals surface area contributed by atoms with Crippen LogP contribution in [0.5, 0.6) is 0 Å². The van der Waals surface area contributed by atoms with Crippen LogP contribution in [0.1, 0.15) is 5.01 Å². The lowest BCUT2D eigenvalue weighted by atomic mass is 10.2. The maximum Gasteiger partial charge on any atom is 0.191 e. The van der Waals surface area contributed by atoms with E-state index in [2.05, 4.69) is 38.1 Å². The Hall–Kier alpha value is -1.15. The number of nitrogens with one attached hydrogen (secondary N) is 2. The van der Waals surface area contributed by atoms with E-state index in [1.807, 2.05) is 25.2 Å². The van der Waals surface area contributed by atoms with Crippen LogP contribution in [-0.4, -0.2) is 25.0 Å². The van der Waals surface area contributed by atoms with Crippen LogP contribution in [0.4, 0.5) is 0 Å². The van der Waals surface area contributed by atoms with Gasteiger partial charge in [-0.1, -0.05) is 30.3 Å². The molecule has 1 heterocycles. The first-order chi connectivity index (χ1) is 8.83. The van der Waals surface area contributed by atoms with Gasteiger partial charge in [0, 0.05) is 25.0 Å². The van der Waals surface area contributed by atoms with Crippen LogP contribution in [0, 0.1) is 0 Å². The SMILES string of the molecule is CN=C(NC)NCc1nc(-c2ccccc2)cs1.I. The van der Waals surface area contributed by atoms with Crippen molar-refractivity contribution in [3.05, 3.63) is 40.7 Å². The summed E-state index contributed by atoms with van der Waals surface area (Å²) in [6, 6.07) is 10.2. The van der Waals surface area contributed by atoms with Gasteiger partial charge in [0.05, 0.1) is 12.2 Å². The lowest BCUT2D eigenvalue weighted by Crippen LogP contribution is -2.33. The minimum Gasteiger partial charge on any atom is -0.359 e. The number of thiazole rings is 1. The molecule has 0 saturated carbocycles. The van der Waals surface area contributed by atoms with Crippen LogP contribution in [-0.2, 0) is 6.54 Å². The standard InChI is InChI=1S/C13H16N4S.HI/c1-14-13(15-2)16-8-12-17-11(9-18-12)10-6-4-3-5-7-10;/h3-7,9H,8H2,1-2H3,(H2,14,15,16);1H. The van der Waals surface area contributed by atoms with E-state index >= 15 is 0 Å². The average molecular weight is 388 g/mol. The Kier molecular flexibility index (Phi) is 6.79. The molecule has 0 unspecified atom stereocenters. The summed E-state index contributed by atoms with van der Waals surface area (Å²) >= 11 is 1.65. The summed E-state index contributed by atoms with van der Waals surface area (Å²) in [5, 5.41) is 9.29. The van der Waals surface area contributed by atoms with Crippen LogP contribution in [0.25, 0.3) is 11.3 Å². The van der Waals surface area contributed by atoms with E-state index in [0.717, 1.165) is 22.2 Å². The van der Waals surface area contributed by atoms with Gasteiger partial charge in [-0.25, -0.2) is 4.98 Å². The van der Waals surface area contributed by atoms with Crippen molar-refractivity contribution in [2.75, 3.05) is 14.1 Å². The van der Waals surface area contributed by atoms with Crippen LogP contribution in [0.15, 0.2) is 40.7 Å². The van der Waals surface area contributed by atoms with Crippen LogP contribution >= 0.6 is 35.3 Å². The Bertz CT molecular complexity index is 524. The molecule has 1 aromatic carbocycles. The summed E-state index contributed by atoms with van der Waals surface area (Å²) in [4.78, 5) is 8.65. The summed E-state index contributed by atoms with van der Waals surface area (Å²) in [5.41, 5.74) is 2.18. The minimum atomic E-state index is 0. The zero-order valence-electron chi connectivity index (χ0n) is 10.9. The van der Waals surface area contributed by atoms with E-state index in [9.17, 15) is 0 Å². The van der Waals surface area contributed by atoms with Gasteiger partial charge in [0.1, 0.15) is 5.01 Å². The molecule has 0 fully saturated rings. The number of aromatic nitrogens is 1. The van der Waals surface area contributed by atoms with Gasteiger partial charge >= 0.3 is 0 Å². The molecule has 2 rings (SSSR count). The van der Waals surface area contributed by atoms with Gasteiger partial charge in [0.15, 0.2) is 5.96 Å². The monoisotopic (exact) mass is 388 g/mol. The third kappa shape index (κ3) is 4.46. The highest BCUT2D eigenvalue weighted by atomic mass is 127. The van der Waals surface area contributed by atoms with Crippen molar-refractivity contribution in [1.29, 1.82) is 0 Å². The van der Waals surface area contributed by atoms with Crippen molar-refractivity contribution < 1.29 is 0 Å². The molecule has 0 aliphatic rings. The Morgan fingerprint density at radius 2 is 2.05 bits per heavy atom. The second-order valence-electron chi connectivity index (χ2n) is 3.67. The predicted octanol–water partition coefficient (Wildman–Crippen LogP) is 2.72. The van der Waals surface area contributed by atoms with E-state index in [1.165, 1.54) is 0 Å². The minimum absolute atomic E-state index is 0. The molecule has 0 amide bonds. The Morgan fingerprint density at radius 3 is 2.68 bits per heavy atom. The first-order valence-corrected chi connectivity index (χ1v) is 6.59. The van der Waals surface area contributed by atoms with Crippen molar-refractivity contribution in [1.82, 2.24) is 15.6 Å². The van der Waals surface area contributed by atoms with Crippen LogP contribution < -0.4 is 10.6 Å². The third-order valence-electron chi connectivity index (χ3n) is 2.49. The molecular formula is C13H17IN4S. The lowest BCUT2D eigenvalue weighted by molar-refractivity contribution is 0.858. The molecule has 2 aromatic rings. The maximum absolute atomic E-state index is 4.59. The van der Waals surface area contributed by atoms with Gasteiger partial charge in [-0.3, -0.25) is 4.99 Å². The van der Waals surface area contributed by atoms with Gasteiger partial charge in [0.2, 0.25) is 0 Å². The van der Waals surface area contributed by atoms with Gasteiger partial charge in [-0.15, -0.1) is 35.3 Å².